The average Bonchev–Trinajstić information content (AvgIpc) is 2.42. The van der Waals surface area contributed by atoms with E-state index in [1.54, 1.807) is 0 Å². The van der Waals surface area contributed by atoms with Gasteiger partial charge in [-0.1, -0.05) is 19.8 Å². The van der Waals surface area contributed by atoms with Gasteiger partial charge in [-0.3, -0.25) is 14.6 Å². The first-order chi connectivity index (χ1) is 9.56. The van der Waals surface area contributed by atoms with Crippen LogP contribution in [-0.2, 0) is 0 Å². The molecule has 5 heteroatoms. The van der Waals surface area contributed by atoms with Gasteiger partial charge in [0.25, 0.3) is 0 Å². The van der Waals surface area contributed by atoms with Crippen molar-refractivity contribution in [2.45, 2.75) is 32.6 Å². The highest BCUT2D eigenvalue weighted by atomic mass is 16.3. The van der Waals surface area contributed by atoms with Gasteiger partial charge in [0.2, 0.25) is 5.78 Å². The number of phenolic OH excluding ortho intramolecular Hbond substituents is 2. The summed E-state index contributed by atoms with van der Waals surface area (Å²) in [5, 5.41) is 19.4. The minimum atomic E-state index is -0.468. The highest BCUT2D eigenvalue weighted by Crippen LogP contribution is 2.34. The number of hydrogen-bond donors (Lipinski definition) is 2. The molecule has 2 N–H and O–H groups in total. The van der Waals surface area contributed by atoms with Crippen molar-refractivity contribution >= 4 is 17.3 Å². The quantitative estimate of drug-likeness (QED) is 0.653. The Morgan fingerprint density at radius 3 is 2.40 bits per heavy atom. The summed E-state index contributed by atoms with van der Waals surface area (Å²) in [4.78, 5) is 28.4. The van der Waals surface area contributed by atoms with E-state index in [1.165, 1.54) is 12.1 Å². The fraction of sp³-hybridized carbons (Fsp3) is 0.400. The van der Waals surface area contributed by atoms with Crippen LogP contribution in [0.3, 0.4) is 0 Å². The Labute approximate surface area is 117 Å². The first-order valence-electron chi connectivity index (χ1n) is 6.72. The molecule has 0 bridgehead atoms. The number of carbonyl (C=O) groups is 2. The standard InChI is InChI=1S/C15H17NO4/c1-2-3-4-7-16-9-8-12(19)13-10(17)5-6-11(18)14(13)15(9)20/h5-6,17-18H,2-4,7-8H2,1H3. The highest BCUT2D eigenvalue weighted by molar-refractivity contribution is 6.53. The van der Waals surface area contributed by atoms with E-state index in [-0.39, 0.29) is 40.5 Å². The van der Waals surface area contributed by atoms with E-state index in [0.717, 1.165) is 19.3 Å². The molecule has 0 heterocycles. The van der Waals surface area contributed by atoms with E-state index in [2.05, 4.69) is 11.9 Å². The third kappa shape index (κ3) is 2.57. The van der Waals surface area contributed by atoms with Gasteiger partial charge in [-0.15, -0.1) is 0 Å². The summed E-state index contributed by atoms with van der Waals surface area (Å²) >= 11 is 0. The molecule has 0 spiro atoms. The Kier molecular flexibility index (Phi) is 4.17. The number of ketones is 2. The molecular weight excluding hydrogens is 258 g/mol. The number of fused-ring (bicyclic) bond motifs is 1. The topological polar surface area (TPSA) is 87.0 Å². The van der Waals surface area contributed by atoms with Crippen LogP contribution in [0.4, 0.5) is 0 Å². The third-order valence-corrected chi connectivity index (χ3v) is 3.32. The summed E-state index contributed by atoms with van der Waals surface area (Å²) in [5.74, 6) is -1.43. The summed E-state index contributed by atoms with van der Waals surface area (Å²) < 4.78 is 0. The molecule has 0 saturated heterocycles. The van der Waals surface area contributed by atoms with Gasteiger partial charge < -0.3 is 10.2 Å². The van der Waals surface area contributed by atoms with Crippen molar-refractivity contribution in [2.75, 3.05) is 6.54 Å². The van der Waals surface area contributed by atoms with Crippen LogP contribution in [0.15, 0.2) is 17.1 Å². The molecule has 0 amide bonds. The molecule has 1 aromatic rings. The summed E-state index contributed by atoms with van der Waals surface area (Å²) in [6.07, 6.45) is 2.81. The number of benzene rings is 1. The Bertz CT molecular complexity index is 590. The maximum atomic E-state index is 12.2. The van der Waals surface area contributed by atoms with Crippen LogP contribution in [-0.4, -0.2) is 34.0 Å². The van der Waals surface area contributed by atoms with E-state index in [1.807, 2.05) is 0 Å². The zero-order chi connectivity index (χ0) is 14.7. The number of Topliss-reactive ketones (excluding diaryl/α,β-unsaturated/α-hetero) is 2. The lowest BCUT2D eigenvalue weighted by molar-refractivity contribution is 0.0960. The summed E-state index contributed by atoms with van der Waals surface area (Å²) in [5.41, 5.74) is -0.0579. The van der Waals surface area contributed by atoms with Crippen LogP contribution in [0, 0.1) is 0 Å². The molecule has 1 aliphatic carbocycles. The van der Waals surface area contributed by atoms with Gasteiger partial charge in [-0.05, 0) is 18.6 Å². The Hall–Kier alpha value is -2.17. The molecule has 0 atom stereocenters. The molecule has 0 unspecified atom stereocenters. The van der Waals surface area contributed by atoms with Crippen LogP contribution >= 0.6 is 0 Å². The lowest BCUT2D eigenvalue weighted by Gasteiger charge is -2.17. The maximum Gasteiger partial charge on any atom is 0.211 e. The Balaban J connectivity index is 2.34. The fourth-order valence-corrected chi connectivity index (χ4v) is 2.26. The number of aliphatic imine (C=N–C) groups is 1. The Morgan fingerprint density at radius 2 is 1.75 bits per heavy atom. The predicted molar refractivity (Wildman–Crippen MR) is 74.9 cm³/mol. The van der Waals surface area contributed by atoms with Gasteiger partial charge in [0.05, 0.1) is 23.3 Å². The molecule has 0 aliphatic heterocycles. The lowest BCUT2D eigenvalue weighted by Crippen LogP contribution is -2.27. The number of unbranched alkanes of at least 4 members (excludes halogenated alkanes) is 2. The molecule has 0 saturated carbocycles. The highest BCUT2D eigenvalue weighted by Gasteiger charge is 2.33. The van der Waals surface area contributed by atoms with E-state index < -0.39 is 5.78 Å². The summed E-state index contributed by atoms with van der Waals surface area (Å²) in [7, 11) is 0. The number of nitrogens with zero attached hydrogens (tertiary/aromatic N) is 1. The molecule has 2 rings (SSSR count). The van der Waals surface area contributed by atoms with Crippen LogP contribution in [0.25, 0.3) is 0 Å². The van der Waals surface area contributed by atoms with Gasteiger partial charge in [-0.2, -0.15) is 0 Å². The molecule has 106 valence electrons. The van der Waals surface area contributed by atoms with Gasteiger partial charge in [0, 0.05) is 6.54 Å². The third-order valence-electron chi connectivity index (χ3n) is 3.32. The number of aromatic hydroxyl groups is 2. The van der Waals surface area contributed by atoms with Crippen molar-refractivity contribution in [1.29, 1.82) is 0 Å². The second kappa shape index (κ2) is 5.86. The first-order valence-corrected chi connectivity index (χ1v) is 6.72. The van der Waals surface area contributed by atoms with Gasteiger partial charge in [-0.25, -0.2) is 0 Å². The second-order valence-electron chi connectivity index (χ2n) is 4.82. The van der Waals surface area contributed by atoms with Crippen molar-refractivity contribution in [3.8, 4) is 11.5 Å². The predicted octanol–water partition coefficient (Wildman–Crippen LogP) is 2.50. The Morgan fingerprint density at radius 1 is 1.10 bits per heavy atom. The van der Waals surface area contributed by atoms with Gasteiger partial charge in [0.1, 0.15) is 11.5 Å². The van der Waals surface area contributed by atoms with Crippen molar-refractivity contribution < 1.29 is 19.8 Å². The first kappa shape index (κ1) is 14.2. The van der Waals surface area contributed by atoms with Crippen molar-refractivity contribution in [2.24, 2.45) is 4.99 Å². The molecule has 1 aromatic carbocycles. The number of rotatable bonds is 4. The number of hydrogen-bond acceptors (Lipinski definition) is 5. The normalized spacial score (nSPS) is 16.6. The van der Waals surface area contributed by atoms with Crippen molar-refractivity contribution in [3.63, 3.8) is 0 Å². The van der Waals surface area contributed by atoms with Crippen LogP contribution in [0.5, 0.6) is 11.5 Å². The zero-order valence-electron chi connectivity index (χ0n) is 11.3. The molecule has 20 heavy (non-hydrogen) atoms. The van der Waals surface area contributed by atoms with Crippen LogP contribution < -0.4 is 0 Å². The van der Waals surface area contributed by atoms with Crippen LogP contribution in [0.2, 0.25) is 0 Å². The monoisotopic (exact) mass is 275 g/mol. The lowest BCUT2D eigenvalue weighted by atomic mass is 9.86. The van der Waals surface area contributed by atoms with Crippen molar-refractivity contribution in [3.05, 3.63) is 23.3 Å². The molecule has 0 aromatic heterocycles. The van der Waals surface area contributed by atoms with E-state index in [9.17, 15) is 19.8 Å². The van der Waals surface area contributed by atoms with Crippen molar-refractivity contribution in [1.82, 2.24) is 0 Å². The maximum absolute atomic E-state index is 12.2. The van der Waals surface area contributed by atoms with E-state index in [0.29, 0.717) is 6.54 Å². The van der Waals surface area contributed by atoms with E-state index in [4.69, 9.17) is 0 Å². The molecule has 0 radical (unpaired) electrons. The minimum Gasteiger partial charge on any atom is -0.507 e. The average molecular weight is 275 g/mol. The molecule has 5 nitrogen and oxygen atoms in total. The van der Waals surface area contributed by atoms with Gasteiger partial charge in [0.15, 0.2) is 5.78 Å². The smallest absolute Gasteiger partial charge is 0.211 e. The zero-order valence-corrected chi connectivity index (χ0v) is 11.3. The minimum absolute atomic E-state index is 0.0949. The molecule has 0 fully saturated rings. The number of phenols is 2. The summed E-state index contributed by atoms with van der Waals surface area (Å²) in [6, 6.07) is 2.42. The SMILES string of the molecule is CCCCCN=C1CC(=O)c2c(O)ccc(O)c2C1=O. The number of carbonyl (C=O) groups excluding carboxylic acids is 2. The van der Waals surface area contributed by atoms with Gasteiger partial charge >= 0.3 is 0 Å². The molecule has 1 aliphatic rings. The fourth-order valence-electron chi connectivity index (χ4n) is 2.26. The summed E-state index contributed by atoms with van der Waals surface area (Å²) in [6.45, 7) is 2.57. The largest absolute Gasteiger partial charge is 0.507 e. The van der Waals surface area contributed by atoms with Crippen LogP contribution in [0.1, 0.15) is 53.3 Å². The second-order valence-corrected chi connectivity index (χ2v) is 4.82. The van der Waals surface area contributed by atoms with E-state index >= 15 is 0 Å². The molecular formula is C15H17NO4.